The summed E-state index contributed by atoms with van der Waals surface area (Å²) in [6.07, 6.45) is 0.292. The van der Waals surface area contributed by atoms with Gasteiger partial charge in [0, 0.05) is 19.2 Å². The Morgan fingerprint density at radius 1 is 1.44 bits per heavy atom. The van der Waals surface area contributed by atoms with Crippen molar-refractivity contribution in [3.8, 4) is 0 Å². The van der Waals surface area contributed by atoms with Crippen LogP contribution in [0.2, 0.25) is 0 Å². The quantitative estimate of drug-likeness (QED) is 0.219. The Bertz CT molecular complexity index is 415. The van der Waals surface area contributed by atoms with Gasteiger partial charge in [0.05, 0.1) is 13.0 Å². The fraction of sp³-hybridized carbons (Fsp3) is 0.333. The number of nitrogens with one attached hydrogen (secondary N) is 1. The average molecular weight is 251 g/mol. The van der Waals surface area contributed by atoms with Crippen molar-refractivity contribution < 1.29 is 14.7 Å². The normalized spacial score (nSPS) is 11.3. The predicted molar refractivity (Wildman–Crippen MR) is 67.5 cm³/mol. The highest BCUT2D eigenvalue weighted by atomic mass is 16.5. The lowest BCUT2D eigenvalue weighted by atomic mass is 10.1. The number of amidine groups is 1. The molecule has 18 heavy (non-hydrogen) atoms. The van der Waals surface area contributed by atoms with Crippen LogP contribution in [0.1, 0.15) is 11.1 Å². The van der Waals surface area contributed by atoms with Gasteiger partial charge < -0.3 is 21.0 Å². The van der Waals surface area contributed by atoms with Gasteiger partial charge in [-0.1, -0.05) is 29.4 Å². The van der Waals surface area contributed by atoms with Crippen molar-refractivity contribution in [1.82, 2.24) is 5.32 Å². The zero-order valence-corrected chi connectivity index (χ0v) is 10.2. The van der Waals surface area contributed by atoms with Gasteiger partial charge in [-0.05, 0) is 5.56 Å². The van der Waals surface area contributed by atoms with Crippen molar-refractivity contribution >= 4 is 11.7 Å². The van der Waals surface area contributed by atoms with Gasteiger partial charge in [-0.15, -0.1) is 0 Å². The van der Waals surface area contributed by atoms with Crippen LogP contribution < -0.4 is 11.1 Å². The summed E-state index contributed by atoms with van der Waals surface area (Å²) < 4.78 is 4.83. The number of ether oxygens (including phenoxy) is 1. The summed E-state index contributed by atoms with van der Waals surface area (Å²) in [6.45, 7) is 0.992. The fourth-order valence-corrected chi connectivity index (χ4v) is 1.39. The van der Waals surface area contributed by atoms with Gasteiger partial charge in [-0.2, -0.15) is 0 Å². The first-order valence-corrected chi connectivity index (χ1v) is 5.50. The topological polar surface area (TPSA) is 96.9 Å². The summed E-state index contributed by atoms with van der Waals surface area (Å²) in [5.74, 6) is -0.0188. The molecule has 0 unspecified atom stereocenters. The van der Waals surface area contributed by atoms with Crippen molar-refractivity contribution in [2.24, 2.45) is 10.9 Å². The van der Waals surface area contributed by atoms with Gasteiger partial charge in [0.2, 0.25) is 5.91 Å². The monoisotopic (exact) mass is 251 g/mol. The van der Waals surface area contributed by atoms with E-state index in [4.69, 9.17) is 15.7 Å². The number of benzene rings is 1. The van der Waals surface area contributed by atoms with Crippen molar-refractivity contribution in [3.63, 3.8) is 0 Å². The Kier molecular flexibility index (Phi) is 5.66. The van der Waals surface area contributed by atoms with E-state index in [0.717, 1.165) is 5.56 Å². The maximum atomic E-state index is 11.5. The van der Waals surface area contributed by atoms with Crippen LogP contribution in [0.3, 0.4) is 0 Å². The molecule has 0 saturated heterocycles. The van der Waals surface area contributed by atoms with Crippen LogP contribution in [0.5, 0.6) is 0 Å². The molecule has 0 aliphatic heterocycles. The van der Waals surface area contributed by atoms with E-state index in [-0.39, 0.29) is 11.7 Å². The number of amides is 1. The second kappa shape index (κ2) is 7.29. The first-order valence-electron chi connectivity index (χ1n) is 5.50. The third-order valence-electron chi connectivity index (χ3n) is 2.35. The van der Waals surface area contributed by atoms with Crippen LogP contribution in [0.4, 0.5) is 0 Å². The van der Waals surface area contributed by atoms with E-state index in [2.05, 4.69) is 10.5 Å². The molecule has 98 valence electrons. The van der Waals surface area contributed by atoms with Crippen LogP contribution >= 0.6 is 0 Å². The molecule has 1 amide bonds. The van der Waals surface area contributed by atoms with Crippen LogP contribution in [0.25, 0.3) is 0 Å². The van der Waals surface area contributed by atoms with E-state index in [9.17, 15) is 4.79 Å². The Balaban J connectivity index is 2.51. The second-order valence-electron chi connectivity index (χ2n) is 3.70. The SMILES string of the molecule is COCCNC(=O)Cc1ccc(C(N)=NO)cc1. The predicted octanol–water partition coefficient (Wildman–Crippen LogP) is 0.0862. The lowest BCUT2D eigenvalue weighted by Gasteiger charge is -2.05. The molecule has 0 fully saturated rings. The maximum Gasteiger partial charge on any atom is 0.224 e. The van der Waals surface area contributed by atoms with Crippen LogP contribution in [-0.2, 0) is 16.0 Å². The Morgan fingerprint density at radius 3 is 2.67 bits per heavy atom. The molecule has 0 saturated carbocycles. The third-order valence-corrected chi connectivity index (χ3v) is 2.35. The molecule has 0 spiro atoms. The lowest BCUT2D eigenvalue weighted by molar-refractivity contribution is -0.120. The standard InChI is InChI=1S/C12H17N3O3/c1-18-7-6-14-11(16)8-9-2-4-10(5-3-9)12(13)15-17/h2-5,17H,6-8H2,1H3,(H2,13,15)(H,14,16). The maximum absolute atomic E-state index is 11.5. The van der Waals surface area contributed by atoms with Gasteiger partial charge >= 0.3 is 0 Å². The van der Waals surface area contributed by atoms with Crippen molar-refractivity contribution in [2.45, 2.75) is 6.42 Å². The highest BCUT2D eigenvalue weighted by Gasteiger charge is 2.04. The van der Waals surface area contributed by atoms with Gasteiger partial charge in [0.25, 0.3) is 0 Å². The summed E-state index contributed by atoms with van der Waals surface area (Å²) in [5.41, 5.74) is 6.91. The number of carbonyl (C=O) groups is 1. The van der Waals surface area contributed by atoms with Crippen LogP contribution in [-0.4, -0.2) is 37.2 Å². The molecular weight excluding hydrogens is 234 g/mol. The largest absolute Gasteiger partial charge is 0.409 e. The number of nitrogens with zero attached hydrogens (tertiary/aromatic N) is 1. The molecule has 1 aromatic rings. The van der Waals surface area contributed by atoms with Crippen molar-refractivity contribution in [3.05, 3.63) is 35.4 Å². The molecule has 0 aliphatic rings. The molecule has 0 heterocycles. The molecule has 4 N–H and O–H groups in total. The first kappa shape index (κ1) is 14.0. The van der Waals surface area contributed by atoms with Crippen molar-refractivity contribution in [2.75, 3.05) is 20.3 Å². The van der Waals surface area contributed by atoms with E-state index in [0.29, 0.717) is 25.1 Å². The zero-order chi connectivity index (χ0) is 13.4. The van der Waals surface area contributed by atoms with E-state index in [1.807, 2.05) is 0 Å². The minimum absolute atomic E-state index is 0.0473. The molecule has 0 atom stereocenters. The van der Waals surface area contributed by atoms with E-state index in [1.54, 1.807) is 31.4 Å². The van der Waals surface area contributed by atoms with E-state index in [1.165, 1.54) is 0 Å². The number of carbonyl (C=O) groups excluding carboxylic acids is 1. The fourth-order valence-electron chi connectivity index (χ4n) is 1.39. The van der Waals surface area contributed by atoms with Crippen molar-refractivity contribution in [1.29, 1.82) is 0 Å². The molecular formula is C12H17N3O3. The van der Waals surface area contributed by atoms with Gasteiger partial charge in [-0.3, -0.25) is 4.79 Å². The Hall–Kier alpha value is -2.08. The van der Waals surface area contributed by atoms with E-state index < -0.39 is 0 Å². The zero-order valence-electron chi connectivity index (χ0n) is 10.2. The number of hydrogen-bond acceptors (Lipinski definition) is 4. The minimum atomic E-state index is -0.0661. The molecule has 0 radical (unpaired) electrons. The molecule has 6 heteroatoms. The number of nitrogens with two attached hydrogens (primary N) is 1. The van der Waals surface area contributed by atoms with E-state index >= 15 is 0 Å². The smallest absolute Gasteiger partial charge is 0.224 e. The third kappa shape index (κ3) is 4.42. The number of oxime groups is 1. The summed E-state index contributed by atoms with van der Waals surface area (Å²) >= 11 is 0. The molecule has 1 aromatic carbocycles. The average Bonchev–Trinajstić information content (AvgIpc) is 2.39. The summed E-state index contributed by atoms with van der Waals surface area (Å²) in [5, 5.41) is 14.1. The van der Waals surface area contributed by atoms with Gasteiger partial charge in [-0.25, -0.2) is 0 Å². The Labute approximate surface area is 105 Å². The lowest BCUT2D eigenvalue weighted by Crippen LogP contribution is -2.28. The second-order valence-corrected chi connectivity index (χ2v) is 3.70. The Morgan fingerprint density at radius 2 is 2.11 bits per heavy atom. The number of hydrogen-bond donors (Lipinski definition) is 3. The summed E-state index contributed by atoms with van der Waals surface area (Å²) in [6, 6.07) is 6.94. The summed E-state index contributed by atoms with van der Waals surface area (Å²) in [7, 11) is 1.58. The molecule has 0 bridgehead atoms. The van der Waals surface area contributed by atoms with Crippen LogP contribution in [0.15, 0.2) is 29.4 Å². The molecule has 0 aliphatic carbocycles. The first-order chi connectivity index (χ1) is 8.67. The van der Waals surface area contributed by atoms with Crippen LogP contribution in [0, 0.1) is 0 Å². The highest BCUT2D eigenvalue weighted by molar-refractivity contribution is 5.97. The molecule has 0 aromatic heterocycles. The minimum Gasteiger partial charge on any atom is -0.409 e. The number of rotatable bonds is 6. The van der Waals surface area contributed by atoms with Gasteiger partial charge in [0.1, 0.15) is 0 Å². The van der Waals surface area contributed by atoms with Gasteiger partial charge in [0.15, 0.2) is 5.84 Å². The molecule has 6 nitrogen and oxygen atoms in total. The molecule has 1 rings (SSSR count). The summed E-state index contributed by atoms with van der Waals surface area (Å²) in [4.78, 5) is 11.5. The number of methoxy groups -OCH3 is 1. The highest BCUT2D eigenvalue weighted by Crippen LogP contribution is 2.05.